The summed E-state index contributed by atoms with van der Waals surface area (Å²) in [4.78, 5) is 11.3. The molecule has 100 valence electrons. The maximum Gasteiger partial charge on any atom is 0.347 e. The molecule has 0 aromatic heterocycles. The van der Waals surface area contributed by atoms with Gasteiger partial charge in [-0.15, -0.1) is 0 Å². The van der Waals surface area contributed by atoms with Crippen LogP contribution in [-0.2, 0) is 16.1 Å². The molecule has 0 spiro atoms. The smallest absolute Gasteiger partial charge is 0.347 e. The van der Waals surface area contributed by atoms with Gasteiger partial charge in [0.2, 0.25) is 0 Å². The predicted molar refractivity (Wildman–Crippen MR) is 61.0 cm³/mol. The number of ether oxygens (including phenoxy) is 2. The maximum atomic E-state index is 13.5. The highest BCUT2D eigenvalue weighted by Crippen LogP contribution is 2.24. The van der Waals surface area contributed by atoms with Gasteiger partial charge in [0.1, 0.15) is 0 Å². The number of halogens is 2. The van der Waals surface area contributed by atoms with E-state index in [0.717, 1.165) is 12.1 Å². The zero-order chi connectivity index (χ0) is 13.7. The van der Waals surface area contributed by atoms with E-state index in [9.17, 15) is 13.6 Å². The topological polar surface area (TPSA) is 61.5 Å². The van der Waals surface area contributed by atoms with Gasteiger partial charge in [0.15, 0.2) is 23.5 Å². The first-order valence-electron chi connectivity index (χ1n) is 5.50. The third-order valence-corrected chi connectivity index (χ3v) is 2.21. The summed E-state index contributed by atoms with van der Waals surface area (Å²) in [5.41, 5.74) is 5.59. The summed E-state index contributed by atoms with van der Waals surface area (Å²) in [6.45, 7) is 3.17. The quantitative estimate of drug-likeness (QED) is 0.818. The molecule has 4 nitrogen and oxygen atoms in total. The highest BCUT2D eigenvalue weighted by atomic mass is 19.1. The van der Waals surface area contributed by atoms with Crippen molar-refractivity contribution in [3.8, 4) is 5.75 Å². The van der Waals surface area contributed by atoms with Gasteiger partial charge in [-0.25, -0.2) is 13.6 Å². The third-order valence-electron chi connectivity index (χ3n) is 2.21. The molecule has 18 heavy (non-hydrogen) atoms. The van der Waals surface area contributed by atoms with Gasteiger partial charge >= 0.3 is 5.97 Å². The van der Waals surface area contributed by atoms with E-state index in [1.165, 1.54) is 6.92 Å². The summed E-state index contributed by atoms with van der Waals surface area (Å²) >= 11 is 0. The molecule has 0 aliphatic heterocycles. The molecule has 0 saturated heterocycles. The van der Waals surface area contributed by atoms with Crippen molar-refractivity contribution in [1.82, 2.24) is 0 Å². The zero-order valence-electron chi connectivity index (χ0n) is 10.2. The minimum atomic E-state index is -1.09. The number of carbonyl (C=O) groups is 1. The summed E-state index contributed by atoms with van der Waals surface area (Å²) in [5, 5.41) is 0. The fourth-order valence-electron chi connectivity index (χ4n) is 1.33. The molecule has 1 atom stereocenters. The molecule has 0 radical (unpaired) electrons. The lowest BCUT2D eigenvalue weighted by Crippen LogP contribution is -2.26. The Morgan fingerprint density at radius 3 is 2.39 bits per heavy atom. The van der Waals surface area contributed by atoms with Crippen molar-refractivity contribution in [3.05, 3.63) is 29.3 Å². The largest absolute Gasteiger partial charge is 0.473 e. The van der Waals surface area contributed by atoms with Crippen LogP contribution in [0.5, 0.6) is 5.75 Å². The van der Waals surface area contributed by atoms with Crippen molar-refractivity contribution >= 4 is 5.97 Å². The first-order valence-corrected chi connectivity index (χ1v) is 5.50. The van der Waals surface area contributed by atoms with Crippen molar-refractivity contribution in [2.24, 2.45) is 5.73 Å². The van der Waals surface area contributed by atoms with Crippen molar-refractivity contribution in [2.75, 3.05) is 6.61 Å². The van der Waals surface area contributed by atoms with Gasteiger partial charge in [-0.05, 0) is 31.5 Å². The van der Waals surface area contributed by atoms with Crippen LogP contribution < -0.4 is 10.5 Å². The minimum Gasteiger partial charge on any atom is -0.473 e. The van der Waals surface area contributed by atoms with E-state index in [4.69, 9.17) is 10.5 Å². The Morgan fingerprint density at radius 2 is 1.94 bits per heavy atom. The summed E-state index contributed by atoms with van der Waals surface area (Å²) < 4.78 is 36.7. The van der Waals surface area contributed by atoms with Crippen LogP contribution in [0, 0.1) is 11.6 Å². The van der Waals surface area contributed by atoms with Crippen LogP contribution in [0.25, 0.3) is 0 Å². The molecular weight excluding hydrogens is 244 g/mol. The normalized spacial score (nSPS) is 12.1. The Labute approximate surface area is 104 Å². The molecule has 1 unspecified atom stereocenters. The minimum absolute atomic E-state index is 0.0154. The van der Waals surface area contributed by atoms with Crippen LogP contribution >= 0.6 is 0 Å². The van der Waals surface area contributed by atoms with Crippen LogP contribution in [0.15, 0.2) is 12.1 Å². The number of nitrogens with two attached hydrogens (primary N) is 1. The van der Waals surface area contributed by atoms with Crippen molar-refractivity contribution in [3.63, 3.8) is 0 Å². The molecule has 0 fully saturated rings. The van der Waals surface area contributed by atoms with E-state index in [1.54, 1.807) is 6.92 Å². The van der Waals surface area contributed by atoms with Crippen molar-refractivity contribution in [2.45, 2.75) is 26.5 Å². The van der Waals surface area contributed by atoms with Gasteiger partial charge in [0.25, 0.3) is 0 Å². The zero-order valence-corrected chi connectivity index (χ0v) is 10.2. The number of carbonyl (C=O) groups excluding carboxylic acids is 1. The Balaban J connectivity index is 2.88. The lowest BCUT2D eigenvalue weighted by molar-refractivity contribution is -0.150. The van der Waals surface area contributed by atoms with Gasteiger partial charge < -0.3 is 15.2 Å². The molecule has 0 aliphatic rings. The van der Waals surface area contributed by atoms with Gasteiger partial charge in [-0.3, -0.25) is 0 Å². The molecule has 2 N–H and O–H groups in total. The number of hydrogen-bond acceptors (Lipinski definition) is 4. The number of esters is 1. The van der Waals surface area contributed by atoms with Crippen LogP contribution in [0.1, 0.15) is 19.4 Å². The fourth-order valence-corrected chi connectivity index (χ4v) is 1.33. The van der Waals surface area contributed by atoms with E-state index in [2.05, 4.69) is 4.74 Å². The second-order valence-electron chi connectivity index (χ2n) is 3.60. The highest BCUT2D eigenvalue weighted by molar-refractivity contribution is 5.74. The molecule has 0 saturated carbocycles. The Bertz CT molecular complexity index is 414. The SMILES string of the molecule is CCOC(=O)C(C)Oc1c(F)cc(CN)cc1F. The van der Waals surface area contributed by atoms with Gasteiger partial charge in [0.05, 0.1) is 6.61 Å². The summed E-state index contributed by atoms with van der Waals surface area (Å²) in [7, 11) is 0. The predicted octanol–water partition coefficient (Wildman–Crippen LogP) is 1.75. The average Bonchev–Trinajstić information content (AvgIpc) is 2.33. The molecule has 1 aromatic carbocycles. The fraction of sp³-hybridized carbons (Fsp3) is 0.417. The first-order chi connectivity index (χ1) is 8.49. The van der Waals surface area contributed by atoms with Gasteiger partial charge in [-0.2, -0.15) is 0 Å². The van der Waals surface area contributed by atoms with Crippen LogP contribution in [0.4, 0.5) is 8.78 Å². The van der Waals surface area contributed by atoms with E-state index in [0.29, 0.717) is 5.56 Å². The standard InChI is InChI=1S/C12H15F2NO3/c1-3-17-12(16)7(2)18-11-9(13)4-8(6-15)5-10(11)14/h4-5,7H,3,6,15H2,1-2H3. The maximum absolute atomic E-state index is 13.5. The van der Waals surface area contributed by atoms with Gasteiger partial charge in [0, 0.05) is 6.54 Å². The summed E-state index contributed by atoms with van der Waals surface area (Å²) in [6.07, 6.45) is -1.09. The van der Waals surface area contributed by atoms with Crippen LogP contribution in [0.2, 0.25) is 0 Å². The van der Waals surface area contributed by atoms with E-state index < -0.39 is 29.5 Å². The van der Waals surface area contributed by atoms with Crippen LogP contribution in [0.3, 0.4) is 0 Å². The lowest BCUT2D eigenvalue weighted by atomic mass is 10.2. The first kappa shape index (κ1) is 14.4. The number of hydrogen-bond donors (Lipinski definition) is 1. The third kappa shape index (κ3) is 3.40. The second-order valence-corrected chi connectivity index (χ2v) is 3.60. The number of rotatable bonds is 5. The van der Waals surface area contributed by atoms with Crippen molar-refractivity contribution in [1.29, 1.82) is 0 Å². The van der Waals surface area contributed by atoms with E-state index in [1.807, 2.05) is 0 Å². The van der Waals surface area contributed by atoms with Crippen LogP contribution in [-0.4, -0.2) is 18.7 Å². The summed E-state index contributed by atoms with van der Waals surface area (Å²) in [5.74, 6) is -3.08. The molecule has 1 rings (SSSR count). The summed E-state index contributed by atoms with van der Waals surface area (Å²) in [6, 6.07) is 2.13. The Morgan fingerprint density at radius 1 is 1.39 bits per heavy atom. The second kappa shape index (κ2) is 6.30. The Hall–Kier alpha value is -1.69. The average molecular weight is 259 g/mol. The molecular formula is C12H15F2NO3. The molecule has 0 amide bonds. The molecule has 0 heterocycles. The molecule has 1 aromatic rings. The van der Waals surface area contributed by atoms with Crippen molar-refractivity contribution < 1.29 is 23.0 Å². The Kier molecular flexibility index (Phi) is 5.03. The highest BCUT2D eigenvalue weighted by Gasteiger charge is 2.20. The molecule has 6 heteroatoms. The monoisotopic (exact) mass is 259 g/mol. The van der Waals surface area contributed by atoms with E-state index in [-0.39, 0.29) is 13.2 Å². The van der Waals surface area contributed by atoms with Gasteiger partial charge in [-0.1, -0.05) is 0 Å². The lowest BCUT2D eigenvalue weighted by Gasteiger charge is -2.15. The van der Waals surface area contributed by atoms with E-state index >= 15 is 0 Å². The molecule has 0 bridgehead atoms. The number of benzene rings is 1. The molecule has 0 aliphatic carbocycles.